The smallest absolute Gasteiger partial charge is 0.308 e. The van der Waals surface area contributed by atoms with Crippen molar-refractivity contribution in [2.24, 2.45) is 0 Å². The Morgan fingerprint density at radius 1 is 1.29 bits per heavy atom. The molecule has 3 rings (SSSR count). The summed E-state index contributed by atoms with van der Waals surface area (Å²) in [5.41, 5.74) is 1.54. The van der Waals surface area contributed by atoms with E-state index in [1.54, 1.807) is 11.3 Å². The Morgan fingerprint density at radius 2 is 2.12 bits per heavy atom. The molecule has 7 heteroatoms. The number of rotatable bonds is 7. The van der Waals surface area contributed by atoms with E-state index in [9.17, 15) is 4.79 Å². The molecule has 0 aliphatic rings. The molecule has 2 heterocycles. The average Bonchev–Trinajstić information content (AvgIpc) is 3.18. The maximum atomic E-state index is 11.1. The molecule has 0 radical (unpaired) electrons. The minimum atomic E-state index is -0.863. The number of hydrogen-bond acceptors (Lipinski definition) is 6. The number of hydrogen-bond donors (Lipinski definition) is 2. The van der Waals surface area contributed by atoms with E-state index in [1.807, 2.05) is 48.7 Å². The molecule has 3 aromatic rings. The number of anilines is 2. The molecule has 0 spiro atoms. The van der Waals surface area contributed by atoms with Gasteiger partial charge in [0, 0.05) is 4.88 Å². The van der Waals surface area contributed by atoms with Crippen LogP contribution in [0.15, 0.2) is 41.8 Å². The largest absolute Gasteiger partial charge is 0.492 e. The van der Waals surface area contributed by atoms with Crippen LogP contribution >= 0.6 is 22.7 Å². The minimum absolute atomic E-state index is 0.0420. The van der Waals surface area contributed by atoms with Crippen LogP contribution in [-0.2, 0) is 11.2 Å². The number of para-hydroxylation sites is 2. The van der Waals surface area contributed by atoms with Crippen molar-refractivity contribution < 1.29 is 14.6 Å². The Bertz CT molecular complexity index is 828. The van der Waals surface area contributed by atoms with E-state index in [0.29, 0.717) is 11.7 Å². The zero-order valence-corrected chi connectivity index (χ0v) is 14.6. The normalized spacial score (nSPS) is 10.5. The van der Waals surface area contributed by atoms with E-state index >= 15 is 0 Å². The summed E-state index contributed by atoms with van der Waals surface area (Å²) in [5.74, 6) is -0.120. The lowest BCUT2D eigenvalue weighted by Gasteiger charge is -2.09. The summed E-state index contributed by atoms with van der Waals surface area (Å²) in [6, 6.07) is 11.5. The minimum Gasteiger partial charge on any atom is -0.492 e. The van der Waals surface area contributed by atoms with Crippen LogP contribution < -0.4 is 10.1 Å². The third-order valence-electron chi connectivity index (χ3n) is 3.19. The molecule has 0 saturated carbocycles. The second-order valence-electron chi connectivity index (χ2n) is 4.89. The summed E-state index contributed by atoms with van der Waals surface area (Å²) >= 11 is 2.90. The summed E-state index contributed by atoms with van der Waals surface area (Å²) < 4.78 is 5.61. The molecule has 124 valence electrons. The van der Waals surface area contributed by atoms with Gasteiger partial charge in [-0.3, -0.25) is 4.79 Å². The number of carbonyl (C=O) groups is 1. The van der Waals surface area contributed by atoms with E-state index in [4.69, 9.17) is 9.84 Å². The third-order valence-corrected chi connectivity index (χ3v) is 5.04. The van der Waals surface area contributed by atoms with E-state index in [-0.39, 0.29) is 6.42 Å². The van der Waals surface area contributed by atoms with Crippen molar-refractivity contribution in [1.82, 2.24) is 4.98 Å². The second kappa shape index (κ2) is 7.46. The van der Waals surface area contributed by atoms with E-state index in [1.165, 1.54) is 11.3 Å². The van der Waals surface area contributed by atoms with Crippen molar-refractivity contribution in [3.8, 4) is 16.3 Å². The van der Waals surface area contributed by atoms with Crippen molar-refractivity contribution in [2.45, 2.75) is 13.3 Å². The first-order valence-electron chi connectivity index (χ1n) is 7.41. The van der Waals surface area contributed by atoms with Gasteiger partial charge in [-0.15, -0.1) is 22.7 Å². The van der Waals surface area contributed by atoms with Gasteiger partial charge >= 0.3 is 5.97 Å². The summed E-state index contributed by atoms with van der Waals surface area (Å²) in [5, 5.41) is 15.0. The van der Waals surface area contributed by atoms with Gasteiger partial charge in [0.25, 0.3) is 0 Å². The number of aliphatic carboxylic acids is 1. The number of thiophene rings is 1. The van der Waals surface area contributed by atoms with Gasteiger partial charge in [-0.1, -0.05) is 18.2 Å². The van der Waals surface area contributed by atoms with Crippen LogP contribution in [0.3, 0.4) is 0 Å². The molecule has 0 bridgehead atoms. The summed E-state index contributed by atoms with van der Waals surface area (Å²) in [4.78, 5) is 17.4. The fraction of sp³-hybridized carbons (Fsp3) is 0.176. The van der Waals surface area contributed by atoms with Crippen LogP contribution in [0.4, 0.5) is 10.8 Å². The van der Waals surface area contributed by atoms with Gasteiger partial charge in [-0.2, -0.15) is 0 Å². The maximum Gasteiger partial charge on any atom is 0.308 e. The summed E-state index contributed by atoms with van der Waals surface area (Å²) in [6.45, 7) is 2.50. The SMILES string of the molecule is CCOc1ccccc1Nc1nc(-c2cccs2)c(CC(=O)O)s1. The second-order valence-corrected chi connectivity index (χ2v) is 6.92. The highest BCUT2D eigenvalue weighted by Gasteiger charge is 2.17. The average molecular weight is 360 g/mol. The molecule has 1 aromatic carbocycles. The summed E-state index contributed by atoms with van der Waals surface area (Å²) in [6.07, 6.45) is -0.0420. The van der Waals surface area contributed by atoms with Crippen LogP contribution in [0.1, 0.15) is 11.8 Å². The lowest BCUT2D eigenvalue weighted by Crippen LogP contribution is -1.98. The van der Waals surface area contributed by atoms with Crippen molar-refractivity contribution in [3.05, 3.63) is 46.7 Å². The number of thiazole rings is 1. The quantitative estimate of drug-likeness (QED) is 0.642. The van der Waals surface area contributed by atoms with E-state index in [0.717, 1.165) is 26.9 Å². The first-order valence-corrected chi connectivity index (χ1v) is 9.11. The van der Waals surface area contributed by atoms with Crippen molar-refractivity contribution in [2.75, 3.05) is 11.9 Å². The lowest BCUT2D eigenvalue weighted by atomic mass is 10.2. The maximum absolute atomic E-state index is 11.1. The Hall–Kier alpha value is -2.38. The Balaban J connectivity index is 1.93. The van der Waals surface area contributed by atoms with E-state index < -0.39 is 5.97 Å². The molecule has 0 aliphatic carbocycles. The monoisotopic (exact) mass is 360 g/mol. The van der Waals surface area contributed by atoms with Gasteiger partial charge in [0.1, 0.15) is 5.75 Å². The first kappa shape index (κ1) is 16.5. The van der Waals surface area contributed by atoms with Crippen molar-refractivity contribution >= 4 is 39.5 Å². The number of ether oxygens (including phenoxy) is 1. The molecule has 2 aromatic heterocycles. The number of carboxylic acids is 1. The Kier molecular flexibility index (Phi) is 5.12. The predicted molar refractivity (Wildman–Crippen MR) is 97.7 cm³/mol. The molecular weight excluding hydrogens is 344 g/mol. The standard InChI is InChI=1S/C17H16N2O3S2/c1-2-22-12-7-4-3-6-11(12)18-17-19-16(13-8-5-9-23-13)14(24-17)10-15(20)21/h3-9H,2,10H2,1H3,(H,18,19)(H,20,21). The van der Waals surface area contributed by atoms with Gasteiger partial charge in [-0.05, 0) is 30.5 Å². The number of nitrogens with zero attached hydrogens (tertiary/aromatic N) is 1. The van der Waals surface area contributed by atoms with Crippen LogP contribution in [0.5, 0.6) is 5.75 Å². The highest BCUT2D eigenvalue weighted by molar-refractivity contribution is 7.17. The number of benzene rings is 1. The van der Waals surface area contributed by atoms with Gasteiger partial charge in [-0.25, -0.2) is 4.98 Å². The molecule has 5 nitrogen and oxygen atoms in total. The highest BCUT2D eigenvalue weighted by atomic mass is 32.1. The molecule has 0 amide bonds. The molecule has 2 N–H and O–H groups in total. The fourth-order valence-corrected chi connectivity index (χ4v) is 4.02. The molecule has 0 unspecified atom stereocenters. The molecule has 0 atom stereocenters. The van der Waals surface area contributed by atoms with Gasteiger partial charge in [0.2, 0.25) is 0 Å². The highest BCUT2D eigenvalue weighted by Crippen LogP contribution is 2.36. The van der Waals surface area contributed by atoms with Crippen LogP contribution in [0, 0.1) is 0 Å². The van der Waals surface area contributed by atoms with Gasteiger partial charge < -0.3 is 15.2 Å². The van der Waals surface area contributed by atoms with Gasteiger partial charge in [0.15, 0.2) is 5.13 Å². The summed E-state index contributed by atoms with van der Waals surface area (Å²) in [7, 11) is 0. The van der Waals surface area contributed by atoms with Gasteiger partial charge in [0.05, 0.1) is 29.3 Å². The fourth-order valence-electron chi connectivity index (χ4n) is 2.23. The first-order chi connectivity index (χ1) is 11.7. The van der Waals surface area contributed by atoms with Crippen LogP contribution in [0.2, 0.25) is 0 Å². The predicted octanol–water partition coefficient (Wildman–Crippen LogP) is 4.64. The number of nitrogens with one attached hydrogen (secondary N) is 1. The van der Waals surface area contributed by atoms with Crippen molar-refractivity contribution in [1.29, 1.82) is 0 Å². The zero-order valence-electron chi connectivity index (χ0n) is 13.0. The zero-order chi connectivity index (χ0) is 16.9. The third kappa shape index (κ3) is 3.74. The molecular formula is C17H16N2O3S2. The lowest BCUT2D eigenvalue weighted by molar-refractivity contribution is -0.136. The van der Waals surface area contributed by atoms with Crippen LogP contribution in [0.25, 0.3) is 10.6 Å². The molecule has 0 saturated heterocycles. The Morgan fingerprint density at radius 3 is 2.83 bits per heavy atom. The van der Waals surface area contributed by atoms with Crippen molar-refractivity contribution in [3.63, 3.8) is 0 Å². The Labute approximate surface area is 147 Å². The van der Waals surface area contributed by atoms with E-state index in [2.05, 4.69) is 10.3 Å². The molecule has 0 aliphatic heterocycles. The number of carboxylic acid groups (broad SMARTS) is 1. The molecule has 0 fully saturated rings. The topological polar surface area (TPSA) is 71.5 Å². The number of aromatic nitrogens is 1. The molecule has 24 heavy (non-hydrogen) atoms. The van der Waals surface area contributed by atoms with Crippen LogP contribution in [-0.4, -0.2) is 22.7 Å².